The van der Waals surface area contributed by atoms with E-state index in [1.165, 1.54) is 51.8 Å². The van der Waals surface area contributed by atoms with Crippen LogP contribution < -0.4 is 20.5 Å². The van der Waals surface area contributed by atoms with Gasteiger partial charge in [0.25, 0.3) is 0 Å². The molecule has 0 aromatic heterocycles. The third-order valence-electron chi connectivity index (χ3n) is 5.00. The van der Waals surface area contributed by atoms with Crippen molar-refractivity contribution in [2.75, 3.05) is 24.8 Å². The van der Waals surface area contributed by atoms with E-state index in [2.05, 4.69) is 12.2 Å². The number of methoxy groups -OCH3 is 1. The molecule has 2 aromatic carbocycles. The number of unbranched alkanes of at least 4 members (excludes halogenated alkanes) is 5. The van der Waals surface area contributed by atoms with Gasteiger partial charge < -0.3 is 20.5 Å². The van der Waals surface area contributed by atoms with Crippen LogP contribution >= 0.6 is 0 Å². The van der Waals surface area contributed by atoms with Gasteiger partial charge in [-0.3, -0.25) is 4.79 Å². The van der Waals surface area contributed by atoms with Gasteiger partial charge in [0.05, 0.1) is 19.5 Å². The Morgan fingerprint density at radius 1 is 1.00 bits per heavy atom. The fourth-order valence-electron chi connectivity index (χ4n) is 3.40. The molecule has 1 amide bonds. The van der Waals surface area contributed by atoms with Crippen LogP contribution in [0.2, 0.25) is 0 Å². The molecule has 2 aromatic rings. The molecule has 0 unspecified atom stereocenters. The molecule has 176 valence electrons. The number of rotatable bonds is 13. The third-order valence-corrected chi connectivity index (χ3v) is 6.68. The van der Waals surface area contributed by atoms with Crippen LogP contribution in [-0.4, -0.2) is 28.0 Å². The number of sulfone groups is 1. The van der Waals surface area contributed by atoms with Crippen molar-refractivity contribution in [3.8, 4) is 11.5 Å². The van der Waals surface area contributed by atoms with Gasteiger partial charge in [-0.05, 0) is 42.8 Å². The Labute approximate surface area is 191 Å². The Kier molecular flexibility index (Phi) is 9.84. The number of carbonyl (C=O) groups is 1. The minimum atomic E-state index is -3.81. The van der Waals surface area contributed by atoms with Crippen LogP contribution in [0.4, 0.5) is 11.4 Å². The standard InChI is InChI=1S/C24H34N2O5S/c1-4-5-6-7-8-9-14-31-22-12-10-20(25)15-19(22)17-32(28,29)24-16-21(26-18(2)27)11-13-23(24)30-3/h10-13,15-16H,4-9,14,17,25H2,1-3H3,(H,26,27). The summed E-state index contributed by atoms with van der Waals surface area (Å²) in [7, 11) is -2.41. The van der Waals surface area contributed by atoms with E-state index in [1.54, 1.807) is 24.3 Å². The van der Waals surface area contributed by atoms with Crippen molar-refractivity contribution in [2.24, 2.45) is 0 Å². The summed E-state index contributed by atoms with van der Waals surface area (Å²) in [4.78, 5) is 11.4. The summed E-state index contributed by atoms with van der Waals surface area (Å²) >= 11 is 0. The van der Waals surface area contributed by atoms with Gasteiger partial charge >= 0.3 is 0 Å². The van der Waals surface area contributed by atoms with Crippen molar-refractivity contribution in [1.29, 1.82) is 0 Å². The molecule has 0 aliphatic rings. The average Bonchev–Trinajstić information content (AvgIpc) is 2.73. The Balaban J connectivity index is 2.18. The largest absolute Gasteiger partial charge is 0.495 e. The van der Waals surface area contributed by atoms with Crippen LogP contribution in [-0.2, 0) is 20.4 Å². The van der Waals surface area contributed by atoms with Gasteiger partial charge in [-0.2, -0.15) is 0 Å². The molecule has 0 spiro atoms. The molecule has 7 nitrogen and oxygen atoms in total. The average molecular weight is 463 g/mol. The fraction of sp³-hybridized carbons (Fsp3) is 0.458. The van der Waals surface area contributed by atoms with E-state index < -0.39 is 9.84 Å². The number of nitrogens with two attached hydrogens (primary N) is 1. The number of hydrogen-bond acceptors (Lipinski definition) is 6. The fourth-order valence-corrected chi connectivity index (χ4v) is 4.96. The summed E-state index contributed by atoms with van der Waals surface area (Å²) in [5, 5.41) is 2.60. The van der Waals surface area contributed by atoms with Gasteiger partial charge in [0.15, 0.2) is 9.84 Å². The lowest BCUT2D eigenvalue weighted by atomic mass is 10.1. The lowest BCUT2D eigenvalue weighted by molar-refractivity contribution is -0.114. The second kappa shape index (κ2) is 12.3. The van der Waals surface area contributed by atoms with Crippen molar-refractivity contribution in [3.05, 3.63) is 42.0 Å². The summed E-state index contributed by atoms with van der Waals surface area (Å²) in [6.07, 6.45) is 6.83. The number of carbonyl (C=O) groups excluding carboxylic acids is 1. The Morgan fingerprint density at radius 2 is 1.69 bits per heavy atom. The van der Waals surface area contributed by atoms with E-state index in [0.29, 0.717) is 29.3 Å². The second-order valence-electron chi connectivity index (χ2n) is 7.79. The summed E-state index contributed by atoms with van der Waals surface area (Å²) in [6, 6.07) is 9.55. The van der Waals surface area contributed by atoms with Gasteiger partial charge in [0, 0.05) is 23.9 Å². The van der Waals surface area contributed by atoms with Crippen molar-refractivity contribution in [2.45, 2.75) is 63.0 Å². The summed E-state index contributed by atoms with van der Waals surface area (Å²) < 4.78 is 37.7. The van der Waals surface area contributed by atoms with Crippen LogP contribution in [0.25, 0.3) is 0 Å². The van der Waals surface area contributed by atoms with Crippen LogP contribution in [0.5, 0.6) is 11.5 Å². The molecule has 0 heterocycles. The van der Waals surface area contributed by atoms with Crippen LogP contribution in [0, 0.1) is 0 Å². The van der Waals surface area contributed by atoms with Gasteiger partial charge in [-0.15, -0.1) is 0 Å². The molecule has 0 saturated carbocycles. The van der Waals surface area contributed by atoms with Crippen LogP contribution in [0.1, 0.15) is 57.9 Å². The topological polar surface area (TPSA) is 108 Å². The van der Waals surface area contributed by atoms with E-state index in [-0.39, 0.29) is 22.3 Å². The summed E-state index contributed by atoms with van der Waals surface area (Å²) in [5.74, 6) is 0.120. The molecule has 0 fully saturated rings. The zero-order valence-electron chi connectivity index (χ0n) is 19.1. The molecule has 0 aliphatic carbocycles. The Bertz CT molecular complexity index is 1010. The second-order valence-corrected chi connectivity index (χ2v) is 9.75. The normalized spacial score (nSPS) is 11.2. The van der Waals surface area contributed by atoms with Gasteiger partial charge in [0.1, 0.15) is 16.4 Å². The van der Waals surface area contributed by atoms with E-state index >= 15 is 0 Å². The van der Waals surface area contributed by atoms with Crippen molar-refractivity contribution in [3.63, 3.8) is 0 Å². The molecule has 8 heteroatoms. The SMILES string of the molecule is CCCCCCCCOc1ccc(N)cc1CS(=O)(=O)c1cc(NC(C)=O)ccc1OC. The monoisotopic (exact) mass is 462 g/mol. The van der Waals surface area contributed by atoms with Crippen LogP contribution in [0.3, 0.4) is 0 Å². The van der Waals surface area contributed by atoms with Crippen molar-refractivity contribution >= 4 is 27.1 Å². The summed E-state index contributed by atoms with van der Waals surface area (Å²) in [6.45, 7) is 4.06. The number of benzene rings is 2. The smallest absolute Gasteiger partial charge is 0.221 e. The minimum absolute atomic E-state index is 0.00412. The van der Waals surface area contributed by atoms with Crippen LogP contribution in [0.15, 0.2) is 41.3 Å². The Morgan fingerprint density at radius 3 is 2.38 bits per heavy atom. The molecule has 0 atom stereocenters. The first-order valence-corrected chi connectivity index (χ1v) is 12.6. The maximum Gasteiger partial charge on any atom is 0.221 e. The highest BCUT2D eigenvalue weighted by molar-refractivity contribution is 7.90. The maximum absolute atomic E-state index is 13.3. The van der Waals surface area contributed by atoms with Crippen molar-refractivity contribution in [1.82, 2.24) is 0 Å². The molecule has 0 radical (unpaired) electrons. The highest BCUT2D eigenvalue weighted by Crippen LogP contribution is 2.32. The Hall–Kier alpha value is -2.74. The molecule has 0 saturated heterocycles. The minimum Gasteiger partial charge on any atom is -0.495 e. The maximum atomic E-state index is 13.3. The lowest BCUT2D eigenvalue weighted by Gasteiger charge is -2.15. The van der Waals surface area contributed by atoms with E-state index in [0.717, 1.165) is 12.8 Å². The third kappa shape index (κ3) is 7.75. The number of nitrogen functional groups attached to an aromatic ring is 1. The first-order chi connectivity index (χ1) is 15.3. The van der Waals surface area contributed by atoms with Gasteiger partial charge in [-0.25, -0.2) is 8.42 Å². The number of nitrogens with one attached hydrogen (secondary N) is 1. The van der Waals surface area contributed by atoms with E-state index in [1.807, 2.05) is 0 Å². The predicted octanol–water partition coefficient (Wildman–Crippen LogP) is 4.95. The molecular weight excluding hydrogens is 428 g/mol. The number of amides is 1. The quantitative estimate of drug-likeness (QED) is 0.322. The van der Waals surface area contributed by atoms with Gasteiger partial charge in [-0.1, -0.05) is 39.0 Å². The van der Waals surface area contributed by atoms with E-state index in [9.17, 15) is 13.2 Å². The van der Waals surface area contributed by atoms with Gasteiger partial charge in [0.2, 0.25) is 5.91 Å². The first-order valence-electron chi connectivity index (χ1n) is 11.0. The molecule has 0 aliphatic heterocycles. The number of ether oxygens (including phenoxy) is 2. The molecule has 3 N–H and O–H groups in total. The summed E-state index contributed by atoms with van der Waals surface area (Å²) in [5.41, 5.74) is 7.25. The lowest BCUT2D eigenvalue weighted by Crippen LogP contribution is -2.11. The number of anilines is 2. The predicted molar refractivity (Wildman–Crippen MR) is 128 cm³/mol. The zero-order chi connectivity index (χ0) is 23.6. The van der Waals surface area contributed by atoms with E-state index in [4.69, 9.17) is 15.2 Å². The highest BCUT2D eigenvalue weighted by Gasteiger charge is 2.23. The molecule has 32 heavy (non-hydrogen) atoms. The zero-order valence-corrected chi connectivity index (χ0v) is 20.0. The molecular formula is C24H34N2O5S. The number of hydrogen-bond donors (Lipinski definition) is 2. The highest BCUT2D eigenvalue weighted by atomic mass is 32.2. The van der Waals surface area contributed by atoms with Crippen molar-refractivity contribution < 1.29 is 22.7 Å². The molecule has 0 bridgehead atoms. The first kappa shape index (κ1) is 25.5. The molecule has 2 rings (SSSR count).